The van der Waals surface area contributed by atoms with Gasteiger partial charge in [0.2, 0.25) is 11.8 Å². The number of aliphatic hydroxyl groups excluding tert-OH is 3. The third-order valence-electron chi connectivity index (χ3n) is 9.63. The van der Waals surface area contributed by atoms with Crippen molar-refractivity contribution in [3.63, 3.8) is 0 Å². The number of hydrogen-bond donors (Lipinski definition) is 7. The molecule has 0 radical (unpaired) electrons. The summed E-state index contributed by atoms with van der Waals surface area (Å²) in [6.45, 7) is 4.94. The lowest BCUT2D eigenvalue weighted by atomic mass is 9.94. The fraction of sp³-hybridized carbons (Fsp3) is 0.892. The lowest BCUT2D eigenvalue weighted by Gasteiger charge is -2.47. The summed E-state index contributed by atoms with van der Waals surface area (Å²) < 4.78 is 75.5. The first kappa shape index (κ1) is 52.7. The number of Topliss-reactive ketones (excluding diaryl/α,β-unsaturated/α-hetero) is 1. The first-order valence-corrected chi connectivity index (χ1v) is 21.7. The minimum Gasteiger partial charge on any atom is -0.479 e. The van der Waals surface area contributed by atoms with Gasteiger partial charge in [-0.15, -0.1) is 0 Å². The van der Waals surface area contributed by atoms with Crippen LogP contribution in [0.25, 0.3) is 0 Å². The molecule has 344 valence electrons. The molecule has 0 aliphatic carbocycles. The highest BCUT2D eigenvalue weighted by Gasteiger charge is 2.55. The third kappa shape index (κ3) is 20.8. The topological polar surface area (TPSA) is 301 Å². The molecule has 2 aliphatic rings. The number of nitrogens with one attached hydrogen (secondary N) is 2. The van der Waals surface area contributed by atoms with Crippen LogP contribution in [0, 0.1) is 0 Å². The standard InChI is InChI=1S/C37H66N2O19S/c1-4-26-29(43)30(44)28(39-24(2)40)36(55-26)56-32-31(45)33(58-59(48,49)50)37(57-34(32)35(46)47)54-18-14-10-6-8-12-16-25(41)15-11-7-5-9-13-17-38-27(42)23-53-22-21-52-20-19-51-3/h26,28-34,36-37,43-45H,4-23H2,1-3H3,(H,38,42)(H,39,40)(H,46,47)(H,48,49,50). The van der Waals surface area contributed by atoms with E-state index in [9.17, 15) is 52.6 Å². The van der Waals surface area contributed by atoms with E-state index in [2.05, 4.69) is 14.8 Å². The molecule has 59 heavy (non-hydrogen) atoms. The minimum atomic E-state index is -5.25. The summed E-state index contributed by atoms with van der Waals surface area (Å²) in [6, 6.07) is -1.44. The van der Waals surface area contributed by atoms with Crippen LogP contribution in [0.2, 0.25) is 0 Å². The largest absolute Gasteiger partial charge is 0.479 e. The molecule has 22 heteroatoms. The van der Waals surface area contributed by atoms with E-state index in [4.69, 9.17) is 33.2 Å². The molecule has 2 fully saturated rings. The third-order valence-corrected chi connectivity index (χ3v) is 10.1. The van der Waals surface area contributed by atoms with Crippen molar-refractivity contribution >= 4 is 34.0 Å². The van der Waals surface area contributed by atoms with Gasteiger partial charge in [0.25, 0.3) is 0 Å². The van der Waals surface area contributed by atoms with Gasteiger partial charge in [0.15, 0.2) is 24.8 Å². The molecule has 2 amide bonds. The number of aliphatic hydroxyl groups is 3. The number of carboxylic acid groups (broad SMARTS) is 1. The minimum absolute atomic E-state index is 0.0109. The number of carbonyl (C=O) groups is 4. The normalized spacial score (nSPS) is 27.3. The number of hydrogen-bond acceptors (Lipinski definition) is 17. The van der Waals surface area contributed by atoms with E-state index in [1.54, 1.807) is 14.0 Å². The van der Waals surface area contributed by atoms with Gasteiger partial charge in [-0.3, -0.25) is 18.9 Å². The molecule has 2 rings (SSSR count). The summed E-state index contributed by atoms with van der Waals surface area (Å²) in [4.78, 5) is 48.3. The number of methoxy groups -OCH3 is 1. The Bertz CT molecular complexity index is 1340. The van der Waals surface area contributed by atoms with E-state index in [1.807, 2.05) is 0 Å². The van der Waals surface area contributed by atoms with Crippen LogP contribution in [0.3, 0.4) is 0 Å². The molecule has 2 heterocycles. The highest BCUT2D eigenvalue weighted by Crippen LogP contribution is 2.32. The van der Waals surface area contributed by atoms with Gasteiger partial charge in [0.1, 0.15) is 42.8 Å². The molecule has 2 aliphatic heterocycles. The maximum absolute atomic E-state index is 12.3. The second-order valence-electron chi connectivity index (χ2n) is 14.5. The number of carbonyl (C=O) groups excluding carboxylic acids is 3. The Morgan fingerprint density at radius 2 is 1.34 bits per heavy atom. The summed E-state index contributed by atoms with van der Waals surface area (Å²) in [6.07, 6.45) is -6.79. The summed E-state index contributed by atoms with van der Waals surface area (Å²) in [7, 11) is -3.65. The first-order valence-electron chi connectivity index (χ1n) is 20.3. The van der Waals surface area contributed by atoms with Gasteiger partial charge in [-0.05, 0) is 32.1 Å². The summed E-state index contributed by atoms with van der Waals surface area (Å²) in [5.74, 6) is -2.29. The van der Waals surface area contributed by atoms with Gasteiger partial charge in [-0.25, -0.2) is 8.98 Å². The number of aliphatic carboxylic acids is 1. The molecule has 0 aromatic rings. The van der Waals surface area contributed by atoms with Crippen LogP contribution < -0.4 is 10.6 Å². The number of amides is 2. The Morgan fingerprint density at radius 1 is 0.729 bits per heavy atom. The van der Waals surface area contributed by atoms with Crippen molar-refractivity contribution in [1.82, 2.24) is 10.6 Å². The van der Waals surface area contributed by atoms with Crippen LogP contribution in [0.5, 0.6) is 0 Å². The lowest BCUT2D eigenvalue weighted by molar-refractivity contribution is -0.336. The number of ketones is 1. The van der Waals surface area contributed by atoms with Crippen molar-refractivity contribution in [1.29, 1.82) is 0 Å². The van der Waals surface area contributed by atoms with E-state index in [0.717, 1.165) is 51.9 Å². The zero-order valence-corrected chi connectivity index (χ0v) is 35.1. The van der Waals surface area contributed by atoms with Crippen molar-refractivity contribution < 1.29 is 89.9 Å². The Morgan fingerprint density at radius 3 is 1.95 bits per heavy atom. The molecule has 7 N–H and O–H groups in total. The van der Waals surface area contributed by atoms with Crippen LogP contribution >= 0.6 is 0 Å². The van der Waals surface area contributed by atoms with Gasteiger partial charge < -0.3 is 64.2 Å². The predicted octanol–water partition coefficient (Wildman–Crippen LogP) is 0.154. The van der Waals surface area contributed by atoms with E-state index in [0.29, 0.717) is 65.1 Å². The van der Waals surface area contributed by atoms with Gasteiger partial charge in [-0.2, -0.15) is 8.42 Å². The van der Waals surface area contributed by atoms with Crippen molar-refractivity contribution in [2.45, 2.75) is 159 Å². The molecular formula is C37H66N2O19S. The summed E-state index contributed by atoms with van der Waals surface area (Å²) >= 11 is 0. The fourth-order valence-corrected chi connectivity index (χ4v) is 7.03. The molecule has 0 spiro atoms. The van der Waals surface area contributed by atoms with Crippen LogP contribution in [0.15, 0.2) is 0 Å². The fourth-order valence-electron chi connectivity index (χ4n) is 6.54. The smallest absolute Gasteiger partial charge is 0.397 e. The van der Waals surface area contributed by atoms with Crippen LogP contribution in [-0.4, -0.2) is 172 Å². The van der Waals surface area contributed by atoms with Crippen LogP contribution in [0.1, 0.15) is 97.3 Å². The molecule has 0 aromatic heterocycles. The average Bonchev–Trinajstić information content (AvgIpc) is 3.17. The Labute approximate surface area is 346 Å². The van der Waals surface area contributed by atoms with Crippen molar-refractivity contribution in [2.75, 3.05) is 53.3 Å². The van der Waals surface area contributed by atoms with Crippen molar-refractivity contribution in [3.8, 4) is 0 Å². The predicted molar refractivity (Wildman–Crippen MR) is 205 cm³/mol. The maximum Gasteiger partial charge on any atom is 0.397 e. The number of ether oxygens (including phenoxy) is 7. The second-order valence-corrected chi connectivity index (χ2v) is 15.5. The molecule has 0 bridgehead atoms. The first-order chi connectivity index (χ1) is 28.1. The second kappa shape index (κ2) is 29.0. The van der Waals surface area contributed by atoms with Gasteiger partial charge >= 0.3 is 16.4 Å². The zero-order valence-electron chi connectivity index (χ0n) is 34.3. The van der Waals surface area contributed by atoms with E-state index < -0.39 is 83.6 Å². The van der Waals surface area contributed by atoms with E-state index in [1.165, 1.54) is 0 Å². The quantitative estimate of drug-likeness (QED) is 0.0350. The summed E-state index contributed by atoms with van der Waals surface area (Å²) in [5.41, 5.74) is 0. The summed E-state index contributed by atoms with van der Waals surface area (Å²) in [5, 5.41) is 47.4. The van der Waals surface area contributed by atoms with E-state index in [-0.39, 0.29) is 31.3 Å². The van der Waals surface area contributed by atoms with Gasteiger partial charge in [-0.1, -0.05) is 45.4 Å². The van der Waals surface area contributed by atoms with Crippen molar-refractivity contribution in [3.05, 3.63) is 0 Å². The van der Waals surface area contributed by atoms with Gasteiger partial charge in [0, 0.05) is 40.0 Å². The highest BCUT2D eigenvalue weighted by molar-refractivity contribution is 7.80. The zero-order chi connectivity index (χ0) is 43.8. The van der Waals surface area contributed by atoms with Gasteiger partial charge in [0.05, 0.1) is 32.5 Å². The lowest BCUT2D eigenvalue weighted by Crippen LogP contribution is -2.68. The monoisotopic (exact) mass is 874 g/mol. The van der Waals surface area contributed by atoms with Crippen LogP contribution in [0.4, 0.5) is 0 Å². The van der Waals surface area contributed by atoms with Crippen molar-refractivity contribution in [2.24, 2.45) is 0 Å². The Hall–Kier alpha value is -2.45. The molecule has 21 nitrogen and oxygen atoms in total. The Balaban J connectivity index is 1.69. The SMILES string of the molecule is CCC1OC(OC2C(C(=O)O)OC(OCCCCCCCC(=O)CCCCCCCNC(=O)COCCOCCOC)C(OS(=O)(=O)O)C2O)C(NC(C)=O)C(O)C1O. The maximum atomic E-state index is 12.3. The number of rotatable bonds is 32. The number of unbranched alkanes of at least 4 members (excludes halogenated alkanes) is 8. The van der Waals surface area contributed by atoms with E-state index >= 15 is 0 Å². The average molecular weight is 875 g/mol. The number of carboxylic acids is 1. The molecule has 0 aromatic carbocycles. The molecule has 0 saturated carbocycles. The van der Waals surface area contributed by atoms with Crippen LogP contribution in [-0.2, 0) is 66.9 Å². The molecule has 10 atom stereocenters. The molecule has 2 saturated heterocycles. The molecular weight excluding hydrogens is 808 g/mol. The Kier molecular flexibility index (Phi) is 25.9. The molecule has 10 unspecified atom stereocenters. The highest BCUT2D eigenvalue weighted by atomic mass is 32.3.